The molecule has 0 bridgehead atoms. The normalized spacial score (nSPS) is 19.6. The van der Waals surface area contributed by atoms with Crippen molar-refractivity contribution in [2.75, 3.05) is 11.4 Å². The third-order valence-corrected chi connectivity index (χ3v) is 5.33. The average Bonchev–Trinajstić information content (AvgIpc) is 3.30. The van der Waals surface area contributed by atoms with Crippen molar-refractivity contribution in [3.63, 3.8) is 0 Å². The van der Waals surface area contributed by atoms with Gasteiger partial charge < -0.3 is 4.90 Å². The first-order chi connectivity index (χ1) is 9.69. The van der Waals surface area contributed by atoms with E-state index in [9.17, 15) is 4.79 Å². The molecule has 1 atom stereocenters. The van der Waals surface area contributed by atoms with Gasteiger partial charge in [-0.05, 0) is 55.7 Å². The Bertz CT molecular complexity index is 510. The summed E-state index contributed by atoms with van der Waals surface area (Å²) in [5.41, 5.74) is 3.91. The molecule has 1 fully saturated rings. The monoisotopic (exact) mass is 335 g/mol. The maximum absolute atomic E-state index is 12.4. The molecule has 108 valence electrons. The number of nitrogens with zero attached hydrogens (tertiary/aromatic N) is 1. The first-order valence-electron chi connectivity index (χ1n) is 7.76. The fourth-order valence-electron chi connectivity index (χ4n) is 2.96. The molecule has 0 spiro atoms. The summed E-state index contributed by atoms with van der Waals surface area (Å²) < 4.78 is 0. The highest BCUT2D eigenvalue weighted by atomic mass is 79.9. The largest absolute Gasteiger partial charge is 0.312 e. The van der Waals surface area contributed by atoms with Gasteiger partial charge >= 0.3 is 0 Å². The van der Waals surface area contributed by atoms with Crippen molar-refractivity contribution in [1.82, 2.24) is 0 Å². The van der Waals surface area contributed by atoms with E-state index in [1.807, 2.05) is 4.90 Å². The summed E-state index contributed by atoms with van der Waals surface area (Å²) in [5.74, 6) is 0.665. The SMILES string of the molecule is CCC(Br)Cc1ccc2c(c1)CCCN2C(=O)C1CC1. The second kappa shape index (κ2) is 5.88. The van der Waals surface area contributed by atoms with Crippen LogP contribution in [0.3, 0.4) is 0 Å². The molecule has 20 heavy (non-hydrogen) atoms. The number of rotatable bonds is 4. The molecule has 2 nitrogen and oxygen atoms in total. The highest BCUT2D eigenvalue weighted by molar-refractivity contribution is 9.09. The van der Waals surface area contributed by atoms with Gasteiger partial charge in [-0.15, -0.1) is 0 Å². The standard InChI is InChI=1S/C17H22BrNO/c1-2-15(18)11-12-5-8-16-14(10-12)4-3-9-19(16)17(20)13-6-7-13/h5,8,10,13,15H,2-4,6-7,9,11H2,1H3. The first kappa shape index (κ1) is 14.1. The molecule has 0 saturated heterocycles. The van der Waals surface area contributed by atoms with Crippen LogP contribution >= 0.6 is 15.9 Å². The van der Waals surface area contributed by atoms with Gasteiger partial charge in [0.25, 0.3) is 0 Å². The minimum absolute atomic E-state index is 0.313. The Morgan fingerprint density at radius 2 is 2.25 bits per heavy atom. The van der Waals surface area contributed by atoms with E-state index in [1.54, 1.807) is 0 Å². The third kappa shape index (κ3) is 2.93. The predicted molar refractivity (Wildman–Crippen MR) is 86.6 cm³/mol. The number of hydrogen-bond donors (Lipinski definition) is 0. The number of amides is 1. The molecule has 1 aromatic rings. The number of fused-ring (bicyclic) bond motifs is 1. The Morgan fingerprint density at radius 3 is 2.95 bits per heavy atom. The molecule has 3 rings (SSSR count). The van der Waals surface area contributed by atoms with Gasteiger partial charge in [-0.25, -0.2) is 0 Å². The summed E-state index contributed by atoms with van der Waals surface area (Å²) in [6.07, 6.45) is 6.59. The van der Waals surface area contributed by atoms with E-state index in [2.05, 4.69) is 41.1 Å². The molecule has 1 aromatic carbocycles. The molecule has 1 saturated carbocycles. The second-order valence-corrected chi connectivity index (χ2v) is 7.34. The van der Waals surface area contributed by atoms with Crippen molar-refractivity contribution in [3.05, 3.63) is 29.3 Å². The van der Waals surface area contributed by atoms with E-state index in [4.69, 9.17) is 0 Å². The summed E-state index contributed by atoms with van der Waals surface area (Å²) in [6.45, 7) is 3.10. The summed E-state index contributed by atoms with van der Waals surface area (Å²) in [5, 5.41) is 0. The van der Waals surface area contributed by atoms with Gasteiger partial charge in [0, 0.05) is 23.0 Å². The summed E-state index contributed by atoms with van der Waals surface area (Å²) in [6, 6.07) is 6.67. The van der Waals surface area contributed by atoms with Gasteiger partial charge in [0.05, 0.1) is 0 Å². The van der Waals surface area contributed by atoms with Crippen molar-refractivity contribution < 1.29 is 4.79 Å². The fourth-order valence-corrected chi connectivity index (χ4v) is 3.33. The van der Waals surface area contributed by atoms with Gasteiger partial charge in [0.2, 0.25) is 5.91 Å². The van der Waals surface area contributed by atoms with Gasteiger partial charge in [0.1, 0.15) is 0 Å². The third-order valence-electron chi connectivity index (χ3n) is 4.36. The van der Waals surface area contributed by atoms with Crippen molar-refractivity contribution >= 4 is 27.5 Å². The van der Waals surface area contributed by atoms with Crippen LogP contribution in [0, 0.1) is 5.92 Å². The Morgan fingerprint density at radius 1 is 1.45 bits per heavy atom. The molecule has 1 unspecified atom stereocenters. The molecule has 0 radical (unpaired) electrons. The van der Waals surface area contributed by atoms with Gasteiger partial charge in [-0.1, -0.05) is 35.0 Å². The molecule has 3 heteroatoms. The van der Waals surface area contributed by atoms with Crippen LogP contribution in [0.5, 0.6) is 0 Å². The predicted octanol–water partition coefficient (Wildman–Crippen LogP) is 4.09. The van der Waals surface area contributed by atoms with Crippen LogP contribution in [0.1, 0.15) is 43.7 Å². The van der Waals surface area contributed by atoms with Crippen LogP contribution in [0.25, 0.3) is 0 Å². The Hall–Kier alpha value is -0.830. The molecular formula is C17H22BrNO. The maximum Gasteiger partial charge on any atom is 0.230 e. The van der Waals surface area contributed by atoms with Crippen LogP contribution in [-0.4, -0.2) is 17.3 Å². The lowest BCUT2D eigenvalue weighted by Crippen LogP contribution is -2.36. The summed E-state index contributed by atoms with van der Waals surface area (Å²) in [4.78, 5) is 14.9. The number of benzene rings is 1. The number of hydrogen-bond acceptors (Lipinski definition) is 1. The zero-order valence-electron chi connectivity index (χ0n) is 12.1. The average molecular weight is 336 g/mol. The van der Waals surface area contributed by atoms with Crippen LogP contribution in [0.15, 0.2) is 18.2 Å². The molecule has 1 amide bonds. The minimum Gasteiger partial charge on any atom is -0.312 e. The zero-order chi connectivity index (χ0) is 14.1. The second-order valence-electron chi connectivity index (χ2n) is 6.04. The van der Waals surface area contributed by atoms with E-state index in [-0.39, 0.29) is 0 Å². The number of anilines is 1. The smallest absolute Gasteiger partial charge is 0.230 e. The van der Waals surface area contributed by atoms with Crippen molar-refractivity contribution in [2.45, 2.75) is 50.3 Å². The molecule has 1 heterocycles. The number of halogens is 1. The number of carbonyl (C=O) groups excluding carboxylic acids is 1. The van der Waals surface area contributed by atoms with Crippen molar-refractivity contribution in [2.24, 2.45) is 5.92 Å². The van der Waals surface area contributed by atoms with Gasteiger partial charge in [0.15, 0.2) is 0 Å². The number of aryl methyl sites for hydroxylation is 1. The Balaban J connectivity index is 1.81. The maximum atomic E-state index is 12.4. The molecular weight excluding hydrogens is 314 g/mol. The summed E-state index contributed by atoms with van der Waals surface area (Å²) >= 11 is 3.71. The fraction of sp³-hybridized carbons (Fsp3) is 0.588. The highest BCUT2D eigenvalue weighted by Crippen LogP contribution is 2.36. The zero-order valence-corrected chi connectivity index (χ0v) is 13.7. The lowest BCUT2D eigenvalue weighted by atomic mass is 9.97. The van der Waals surface area contributed by atoms with Crippen molar-refractivity contribution in [3.8, 4) is 0 Å². The minimum atomic E-state index is 0.313. The van der Waals surface area contributed by atoms with E-state index in [1.165, 1.54) is 16.8 Å². The lowest BCUT2D eigenvalue weighted by Gasteiger charge is -2.30. The van der Waals surface area contributed by atoms with Gasteiger partial charge in [-0.3, -0.25) is 4.79 Å². The molecule has 1 aliphatic heterocycles. The molecule has 2 aliphatic rings. The summed E-state index contributed by atoms with van der Waals surface area (Å²) in [7, 11) is 0. The van der Waals surface area contributed by atoms with Gasteiger partial charge in [-0.2, -0.15) is 0 Å². The van der Waals surface area contributed by atoms with Crippen LogP contribution in [-0.2, 0) is 17.6 Å². The van der Waals surface area contributed by atoms with Crippen molar-refractivity contribution in [1.29, 1.82) is 0 Å². The van der Waals surface area contributed by atoms with Crippen LogP contribution in [0.4, 0.5) is 5.69 Å². The van der Waals surface area contributed by atoms with E-state index in [0.29, 0.717) is 16.7 Å². The molecule has 1 aliphatic carbocycles. The van der Waals surface area contributed by atoms with E-state index < -0.39 is 0 Å². The Labute approximate surface area is 129 Å². The number of carbonyl (C=O) groups is 1. The van der Waals surface area contributed by atoms with E-state index >= 15 is 0 Å². The first-order valence-corrected chi connectivity index (χ1v) is 8.68. The quantitative estimate of drug-likeness (QED) is 0.759. The van der Waals surface area contributed by atoms with E-state index in [0.717, 1.165) is 45.1 Å². The number of alkyl halides is 1. The molecule has 0 aromatic heterocycles. The topological polar surface area (TPSA) is 20.3 Å². The van der Waals surface area contributed by atoms with Crippen LogP contribution < -0.4 is 4.90 Å². The highest BCUT2D eigenvalue weighted by Gasteiger charge is 2.35. The van der Waals surface area contributed by atoms with Crippen LogP contribution in [0.2, 0.25) is 0 Å². The Kier molecular flexibility index (Phi) is 4.16. The molecule has 0 N–H and O–H groups in total. The lowest BCUT2D eigenvalue weighted by molar-refractivity contribution is -0.119.